The van der Waals surface area contributed by atoms with E-state index in [-0.39, 0.29) is 17.5 Å². The monoisotopic (exact) mass is 291 g/mol. The first-order chi connectivity index (χ1) is 9.97. The molecule has 0 aliphatic heterocycles. The van der Waals surface area contributed by atoms with Crippen molar-refractivity contribution in [1.29, 1.82) is 0 Å². The van der Waals surface area contributed by atoms with Gasteiger partial charge in [-0.05, 0) is 42.5 Å². The molecule has 0 spiro atoms. The zero-order valence-corrected chi connectivity index (χ0v) is 11.8. The average molecular weight is 291 g/mol. The molecule has 4 nitrogen and oxygen atoms in total. The van der Waals surface area contributed by atoms with Crippen LogP contribution in [0.3, 0.4) is 0 Å². The van der Waals surface area contributed by atoms with Crippen molar-refractivity contribution in [3.8, 4) is 0 Å². The van der Waals surface area contributed by atoms with E-state index in [2.05, 4.69) is 5.32 Å². The number of nitrogens with one attached hydrogen (secondary N) is 1. The maximum Gasteiger partial charge on any atom is 0.328 e. The lowest BCUT2D eigenvalue weighted by Gasteiger charge is -2.15. The number of hydrogen-bond donors (Lipinski definition) is 2. The topological polar surface area (TPSA) is 66.4 Å². The van der Waals surface area contributed by atoms with Gasteiger partial charge in [0.25, 0.3) is 0 Å². The number of carbonyl (C=O) groups is 2. The Morgan fingerprint density at radius 2 is 2.14 bits per heavy atom. The maximum absolute atomic E-state index is 13.9. The van der Waals surface area contributed by atoms with E-state index < -0.39 is 11.8 Å². The molecule has 1 amide bonds. The Bertz CT molecular complexity index is 583. The van der Waals surface area contributed by atoms with Gasteiger partial charge in [0.05, 0.1) is 5.69 Å². The second-order valence-corrected chi connectivity index (χ2v) is 5.41. The third-order valence-electron chi connectivity index (χ3n) is 3.87. The third kappa shape index (κ3) is 3.90. The summed E-state index contributed by atoms with van der Waals surface area (Å²) in [6, 6.07) is 4.22. The van der Waals surface area contributed by atoms with Gasteiger partial charge in [-0.3, -0.25) is 4.79 Å². The van der Waals surface area contributed by atoms with Gasteiger partial charge in [-0.2, -0.15) is 0 Å². The fraction of sp³-hybridized carbons (Fsp3) is 0.375. The minimum absolute atomic E-state index is 0.0593. The second kappa shape index (κ2) is 6.52. The first-order valence-corrected chi connectivity index (χ1v) is 6.99. The van der Waals surface area contributed by atoms with Crippen molar-refractivity contribution in [2.75, 3.05) is 5.32 Å². The highest BCUT2D eigenvalue weighted by Crippen LogP contribution is 2.32. The molecule has 2 rings (SSSR count). The lowest BCUT2D eigenvalue weighted by atomic mass is 9.97. The molecule has 1 saturated carbocycles. The van der Waals surface area contributed by atoms with E-state index in [0.717, 1.165) is 25.3 Å². The van der Waals surface area contributed by atoms with E-state index in [1.807, 2.05) is 6.92 Å². The fourth-order valence-electron chi connectivity index (χ4n) is 2.66. The zero-order chi connectivity index (χ0) is 15.4. The van der Waals surface area contributed by atoms with E-state index in [4.69, 9.17) is 5.11 Å². The number of carbonyl (C=O) groups excluding carboxylic acids is 1. The van der Waals surface area contributed by atoms with Crippen LogP contribution >= 0.6 is 0 Å². The van der Waals surface area contributed by atoms with Crippen LogP contribution in [0.25, 0.3) is 6.08 Å². The quantitative estimate of drug-likeness (QED) is 0.836. The van der Waals surface area contributed by atoms with Crippen LogP contribution in [0.15, 0.2) is 24.3 Å². The van der Waals surface area contributed by atoms with Crippen molar-refractivity contribution >= 4 is 23.6 Å². The highest BCUT2D eigenvalue weighted by Gasteiger charge is 2.29. The van der Waals surface area contributed by atoms with Gasteiger partial charge in [0.1, 0.15) is 5.82 Å². The van der Waals surface area contributed by atoms with Gasteiger partial charge in [0.15, 0.2) is 0 Å². The Kier molecular flexibility index (Phi) is 4.73. The highest BCUT2D eigenvalue weighted by atomic mass is 19.1. The maximum atomic E-state index is 13.9. The van der Waals surface area contributed by atoms with E-state index in [1.54, 1.807) is 6.07 Å². The summed E-state index contributed by atoms with van der Waals surface area (Å²) in [7, 11) is 0. The number of carboxylic acids is 1. The standard InChI is InChI=1S/C16H18FNO3/c1-10-3-2-4-12(10)16(21)18-14-7-5-11(9-13(14)17)6-8-15(19)20/h5-10,12H,2-4H2,1H3,(H,18,21)(H,19,20)/b8-6+. The van der Waals surface area contributed by atoms with Crippen molar-refractivity contribution in [1.82, 2.24) is 0 Å². The summed E-state index contributed by atoms with van der Waals surface area (Å²) >= 11 is 0. The average Bonchev–Trinajstić information content (AvgIpc) is 2.85. The summed E-state index contributed by atoms with van der Waals surface area (Å²) in [6.45, 7) is 2.04. The number of aliphatic carboxylic acids is 1. The number of amides is 1. The smallest absolute Gasteiger partial charge is 0.328 e. The Labute approximate surface area is 122 Å². The summed E-state index contributed by atoms with van der Waals surface area (Å²) in [5.41, 5.74) is 0.564. The number of benzene rings is 1. The zero-order valence-electron chi connectivity index (χ0n) is 11.8. The minimum atomic E-state index is -1.09. The number of halogens is 1. The SMILES string of the molecule is CC1CCCC1C(=O)Nc1ccc(/C=C/C(=O)O)cc1F. The largest absolute Gasteiger partial charge is 0.478 e. The van der Waals surface area contributed by atoms with Crippen LogP contribution in [0.4, 0.5) is 10.1 Å². The summed E-state index contributed by atoms with van der Waals surface area (Å²) in [6.07, 6.45) is 5.14. The van der Waals surface area contributed by atoms with Crippen LogP contribution in [-0.4, -0.2) is 17.0 Å². The van der Waals surface area contributed by atoms with Crippen LogP contribution in [0.5, 0.6) is 0 Å². The van der Waals surface area contributed by atoms with Gasteiger partial charge in [-0.15, -0.1) is 0 Å². The first kappa shape index (κ1) is 15.2. The molecule has 0 bridgehead atoms. The van der Waals surface area contributed by atoms with Gasteiger partial charge in [0.2, 0.25) is 5.91 Å². The van der Waals surface area contributed by atoms with E-state index in [1.165, 1.54) is 18.2 Å². The lowest BCUT2D eigenvalue weighted by molar-refractivity contribution is -0.131. The minimum Gasteiger partial charge on any atom is -0.478 e. The molecule has 112 valence electrons. The Morgan fingerprint density at radius 1 is 1.38 bits per heavy atom. The number of hydrogen-bond acceptors (Lipinski definition) is 2. The van der Waals surface area contributed by atoms with Crippen LogP contribution in [0.2, 0.25) is 0 Å². The van der Waals surface area contributed by atoms with Gasteiger partial charge in [-0.25, -0.2) is 9.18 Å². The molecule has 0 aromatic heterocycles. The molecule has 0 radical (unpaired) electrons. The molecule has 1 aliphatic rings. The highest BCUT2D eigenvalue weighted by molar-refractivity contribution is 5.93. The molecule has 1 aromatic carbocycles. The predicted octanol–water partition coefficient (Wildman–Crippen LogP) is 3.30. The van der Waals surface area contributed by atoms with Crippen LogP contribution in [0.1, 0.15) is 31.7 Å². The Hall–Kier alpha value is -2.17. The molecule has 2 unspecified atom stereocenters. The molecular weight excluding hydrogens is 273 g/mol. The summed E-state index contributed by atoms with van der Waals surface area (Å²) in [5, 5.41) is 11.1. The van der Waals surface area contributed by atoms with E-state index >= 15 is 0 Å². The fourth-order valence-corrected chi connectivity index (χ4v) is 2.66. The first-order valence-electron chi connectivity index (χ1n) is 6.99. The third-order valence-corrected chi connectivity index (χ3v) is 3.87. The van der Waals surface area contributed by atoms with Gasteiger partial charge < -0.3 is 10.4 Å². The number of rotatable bonds is 4. The van der Waals surface area contributed by atoms with Crippen molar-refractivity contribution < 1.29 is 19.1 Å². The molecule has 0 saturated heterocycles. The second-order valence-electron chi connectivity index (χ2n) is 5.41. The van der Waals surface area contributed by atoms with Crippen molar-refractivity contribution in [2.24, 2.45) is 11.8 Å². The van der Waals surface area contributed by atoms with E-state index in [9.17, 15) is 14.0 Å². The molecule has 5 heteroatoms. The lowest BCUT2D eigenvalue weighted by Crippen LogP contribution is -2.25. The Morgan fingerprint density at radius 3 is 2.71 bits per heavy atom. The molecule has 0 heterocycles. The van der Waals surface area contributed by atoms with Crippen molar-refractivity contribution in [3.63, 3.8) is 0 Å². The predicted molar refractivity (Wildman–Crippen MR) is 78.2 cm³/mol. The van der Waals surface area contributed by atoms with Gasteiger partial charge >= 0.3 is 5.97 Å². The number of anilines is 1. The molecule has 2 atom stereocenters. The molecular formula is C16H18FNO3. The molecule has 1 aromatic rings. The summed E-state index contributed by atoms with van der Waals surface area (Å²) in [5.74, 6) is -1.54. The van der Waals surface area contributed by atoms with Crippen molar-refractivity contribution in [2.45, 2.75) is 26.2 Å². The Balaban J connectivity index is 2.07. The normalized spacial score (nSPS) is 21.6. The van der Waals surface area contributed by atoms with Crippen LogP contribution < -0.4 is 5.32 Å². The van der Waals surface area contributed by atoms with Gasteiger partial charge in [-0.1, -0.05) is 19.4 Å². The van der Waals surface area contributed by atoms with Crippen LogP contribution in [-0.2, 0) is 9.59 Å². The van der Waals surface area contributed by atoms with Crippen LogP contribution in [0, 0.1) is 17.7 Å². The van der Waals surface area contributed by atoms with Gasteiger partial charge in [0, 0.05) is 12.0 Å². The molecule has 1 aliphatic carbocycles. The molecule has 21 heavy (non-hydrogen) atoms. The van der Waals surface area contributed by atoms with E-state index in [0.29, 0.717) is 11.5 Å². The number of carboxylic acid groups (broad SMARTS) is 1. The molecule has 2 N–H and O–H groups in total. The van der Waals surface area contributed by atoms with Crippen molar-refractivity contribution in [3.05, 3.63) is 35.7 Å². The summed E-state index contributed by atoms with van der Waals surface area (Å²) in [4.78, 5) is 22.5. The molecule has 1 fully saturated rings. The summed E-state index contributed by atoms with van der Waals surface area (Å²) < 4.78 is 13.9.